The molecule has 5 rings (SSSR count). The molecule has 4 heteroatoms. The topological polar surface area (TPSA) is 42.7 Å². The lowest BCUT2D eigenvalue weighted by molar-refractivity contribution is 0.0734. The van der Waals surface area contributed by atoms with Crippen molar-refractivity contribution in [2.24, 2.45) is 0 Å². The van der Waals surface area contributed by atoms with Crippen molar-refractivity contribution in [1.29, 1.82) is 0 Å². The average molecular weight is 412 g/mol. The summed E-state index contributed by atoms with van der Waals surface area (Å²) in [7, 11) is 0. The van der Waals surface area contributed by atoms with E-state index in [1.54, 1.807) is 12.1 Å². The fraction of sp³-hybridized carbons (Fsp3) is 0.222. The first-order valence-electron chi connectivity index (χ1n) is 10.8. The Labute approximate surface area is 182 Å². The van der Waals surface area contributed by atoms with E-state index in [4.69, 9.17) is 9.15 Å². The summed E-state index contributed by atoms with van der Waals surface area (Å²) in [6.45, 7) is 2.84. The molecule has 0 bridgehead atoms. The van der Waals surface area contributed by atoms with Gasteiger partial charge >= 0.3 is 5.97 Å². The lowest BCUT2D eigenvalue weighted by atomic mass is 9.90. The second-order valence-electron chi connectivity index (χ2n) is 8.15. The Bertz CT molecular complexity index is 1150. The number of carbonyl (C=O) groups excluding carboxylic acids is 1. The van der Waals surface area contributed by atoms with Crippen LogP contribution in [-0.2, 0) is 6.54 Å². The smallest absolute Gasteiger partial charge is 0.343 e. The molecule has 0 N–H and O–H groups in total. The largest absolute Gasteiger partial charge is 0.460 e. The molecule has 0 saturated carbocycles. The monoisotopic (exact) mass is 411 g/mol. The van der Waals surface area contributed by atoms with Crippen LogP contribution >= 0.6 is 0 Å². The minimum atomic E-state index is -0.326. The quantitative estimate of drug-likeness (QED) is 0.297. The van der Waals surface area contributed by atoms with Gasteiger partial charge in [0.05, 0.1) is 12.1 Å². The molecule has 4 nitrogen and oxygen atoms in total. The number of hydrogen-bond donors (Lipinski definition) is 0. The highest BCUT2D eigenvalue weighted by atomic mass is 16.5. The Morgan fingerprint density at radius 2 is 1.81 bits per heavy atom. The highest BCUT2D eigenvalue weighted by molar-refractivity contribution is 5.91. The van der Waals surface area contributed by atoms with Crippen LogP contribution in [0.25, 0.3) is 11.0 Å². The summed E-state index contributed by atoms with van der Waals surface area (Å²) in [5.74, 6) is 1.69. The van der Waals surface area contributed by atoms with Crippen LogP contribution in [0.3, 0.4) is 0 Å². The van der Waals surface area contributed by atoms with Gasteiger partial charge in [-0.3, -0.25) is 4.90 Å². The molecular weight excluding hydrogens is 386 g/mol. The van der Waals surface area contributed by atoms with Crippen molar-refractivity contribution >= 4 is 16.9 Å². The van der Waals surface area contributed by atoms with Crippen LogP contribution < -0.4 is 4.74 Å². The fourth-order valence-electron chi connectivity index (χ4n) is 4.38. The molecular formula is C27H25NO3. The van der Waals surface area contributed by atoms with Gasteiger partial charge in [0.15, 0.2) is 0 Å². The predicted octanol–water partition coefficient (Wildman–Crippen LogP) is 6.03. The van der Waals surface area contributed by atoms with E-state index in [1.807, 2.05) is 54.6 Å². The highest BCUT2D eigenvalue weighted by Crippen LogP contribution is 2.30. The molecule has 0 aliphatic carbocycles. The number of benzene rings is 3. The number of piperidine rings is 1. The number of ether oxygens (including phenoxy) is 1. The molecule has 2 heterocycles. The number of para-hydroxylation sites is 1. The van der Waals surface area contributed by atoms with Crippen LogP contribution in [-0.4, -0.2) is 24.0 Å². The minimum Gasteiger partial charge on any atom is -0.460 e. The van der Waals surface area contributed by atoms with Crippen molar-refractivity contribution in [3.8, 4) is 5.75 Å². The number of likely N-dealkylation sites (tertiary alicyclic amines) is 1. The molecule has 1 unspecified atom stereocenters. The van der Waals surface area contributed by atoms with Crippen molar-refractivity contribution in [2.45, 2.75) is 25.3 Å². The average Bonchev–Trinajstić information content (AvgIpc) is 3.22. The lowest BCUT2D eigenvalue weighted by Crippen LogP contribution is -2.33. The summed E-state index contributed by atoms with van der Waals surface area (Å²) in [6.07, 6.45) is 2.27. The number of furan rings is 1. The van der Waals surface area contributed by atoms with Crippen molar-refractivity contribution < 1.29 is 13.9 Å². The molecule has 4 aromatic rings. The van der Waals surface area contributed by atoms with Crippen molar-refractivity contribution in [3.05, 3.63) is 102 Å². The van der Waals surface area contributed by atoms with Crippen LogP contribution in [0.4, 0.5) is 0 Å². The van der Waals surface area contributed by atoms with Crippen LogP contribution in [0.5, 0.6) is 5.75 Å². The molecule has 31 heavy (non-hydrogen) atoms. The van der Waals surface area contributed by atoms with Crippen LogP contribution in [0.1, 0.15) is 40.4 Å². The summed E-state index contributed by atoms with van der Waals surface area (Å²) in [6, 6.07) is 27.3. The van der Waals surface area contributed by atoms with Gasteiger partial charge in [-0.25, -0.2) is 4.79 Å². The van der Waals surface area contributed by atoms with Gasteiger partial charge in [0.2, 0.25) is 0 Å². The maximum atomic E-state index is 12.4. The molecule has 1 aliphatic heterocycles. The number of hydrogen-bond acceptors (Lipinski definition) is 4. The van der Waals surface area contributed by atoms with Gasteiger partial charge in [-0.15, -0.1) is 0 Å². The van der Waals surface area contributed by atoms with Gasteiger partial charge in [0, 0.05) is 11.9 Å². The Balaban J connectivity index is 1.26. The van der Waals surface area contributed by atoms with E-state index in [9.17, 15) is 4.79 Å². The van der Waals surface area contributed by atoms with Gasteiger partial charge in [0.1, 0.15) is 17.1 Å². The Morgan fingerprint density at radius 1 is 0.968 bits per heavy atom. The van der Waals surface area contributed by atoms with Gasteiger partial charge in [-0.1, -0.05) is 48.5 Å². The maximum Gasteiger partial charge on any atom is 0.343 e. The minimum absolute atomic E-state index is 0.326. The number of esters is 1. The van der Waals surface area contributed by atoms with Gasteiger partial charge < -0.3 is 9.15 Å². The van der Waals surface area contributed by atoms with E-state index in [0.29, 0.717) is 17.2 Å². The van der Waals surface area contributed by atoms with E-state index < -0.39 is 0 Å². The van der Waals surface area contributed by atoms with E-state index in [2.05, 4.69) is 23.1 Å². The molecule has 1 saturated heterocycles. The highest BCUT2D eigenvalue weighted by Gasteiger charge is 2.23. The third kappa shape index (κ3) is 4.54. The number of fused-ring (bicyclic) bond motifs is 1. The molecule has 0 spiro atoms. The third-order valence-electron chi connectivity index (χ3n) is 5.91. The SMILES string of the molecule is O=C(Oc1cccc(C2CCCN(Cc3cc4ccccc4o3)C2)c1)c1ccccc1. The molecule has 3 aromatic carbocycles. The summed E-state index contributed by atoms with van der Waals surface area (Å²) in [4.78, 5) is 14.8. The predicted molar refractivity (Wildman–Crippen MR) is 121 cm³/mol. The van der Waals surface area contributed by atoms with E-state index in [-0.39, 0.29) is 5.97 Å². The van der Waals surface area contributed by atoms with Crippen LogP contribution in [0.15, 0.2) is 89.3 Å². The van der Waals surface area contributed by atoms with E-state index in [0.717, 1.165) is 49.2 Å². The molecule has 156 valence electrons. The molecule has 1 aromatic heterocycles. The Hall–Kier alpha value is -3.37. The maximum absolute atomic E-state index is 12.4. The Kier molecular flexibility index (Phi) is 5.55. The lowest BCUT2D eigenvalue weighted by Gasteiger charge is -2.32. The summed E-state index contributed by atoms with van der Waals surface area (Å²) >= 11 is 0. The second kappa shape index (κ2) is 8.78. The third-order valence-corrected chi connectivity index (χ3v) is 5.91. The van der Waals surface area contributed by atoms with Gasteiger partial charge in [-0.2, -0.15) is 0 Å². The summed E-state index contributed by atoms with van der Waals surface area (Å²) in [5.41, 5.74) is 2.72. The molecule has 0 radical (unpaired) electrons. The van der Waals surface area contributed by atoms with Crippen LogP contribution in [0, 0.1) is 0 Å². The standard InChI is InChI=1S/C27H25NO3/c29-27(20-8-2-1-3-9-20)31-24-13-6-11-21(16-24)23-12-7-15-28(18-23)19-25-17-22-10-4-5-14-26(22)30-25/h1-6,8-11,13-14,16-17,23H,7,12,15,18-19H2. The molecule has 1 fully saturated rings. The zero-order valence-electron chi connectivity index (χ0n) is 17.4. The first-order chi connectivity index (χ1) is 15.2. The van der Waals surface area contributed by atoms with Crippen LogP contribution in [0.2, 0.25) is 0 Å². The number of carbonyl (C=O) groups is 1. The van der Waals surface area contributed by atoms with E-state index in [1.165, 1.54) is 5.56 Å². The Morgan fingerprint density at radius 3 is 2.68 bits per heavy atom. The van der Waals surface area contributed by atoms with Gasteiger partial charge in [0.25, 0.3) is 0 Å². The summed E-state index contributed by atoms with van der Waals surface area (Å²) in [5, 5.41) is 1.15. The first kappa shape index (κ1) is 19.6. The van der Waals surface area contributed by atoms with Crippen molar-refractivity contribution in [1.82, 2.24) is 4.90 Å². The van der Waals surface area contributed by atoms with E-state index >= 15 is 0 Å². The van der Waals surface area contributed by atoms with Crippen molar-refractivity contribution in [2.75, 3.05) is 13.1 Å². The summed E-state index contributed by atoms with van der Waals surface area (Å²) < 4.78 is 11.6. The normalized spacial score (nSPS) is 17.0. The molecule has 0 amide bonds. The molecule has 1 atom stereocenters. The van der Waals surface area contributed by atoms with Crippen molar-refractivity contribution in [3.63, 3.8) is 0 Å². The fourth-order valence-corrected chi connectivity index (χ4v) is 4.38. The molecule has 1 aliphatic rings. The first-order valence-corrected chi connectivity index (χ1v) is 10.8. The second-order valence-corrected chi connectivity index (χ2v) is 8.15. The number of nitrogens with zero attached hydrogens (tertiary/aromatic N) is 1. The van der Waals surface area contributed by atoms with Gasteiger partial charge in [-0.05, 0) is 67.3 Å². The zero-order chi connectivity index (χ0) is 21.0. The number of rotatable bonds is 5. The zero-order valence-corrected chi connectivity index (χ0v) is 17.4.